The van der Waals surface area contributed by atoms with Gasteiger partial charge in [-0.05, 0) is 19.1 Å². The summed E-state index contributed by atoms with van der Waals surface area (Å²) in [5.41, 5.74) is 3.52. The molecule has 2 aromatic carbocycles. The van der Waals surface area contributed by atoms with Gasteiger partial charge in [0.25, 0.3) is 0 Å². The second-order valence-electron chi connectivity index (χ2n) is 7.56. The Kier molecular flexibility index (Phi) is 6.41. The van der Waals surface area contributed by atoms with Gasteiger partial charge in [0.15, 0.2) is 0 Å². The molecule has 1 fully saturated rings. The van der Waals surface area contributed by atoms with E-state index in [0.717, 1.165) is 10.6 Å². The van der Waals surface area contributed by atoms with E-state index in [2.05, 4.69) is 4.98 Å². The fourth-order valence-electron chi connectivity index (χ4n) is 3.57. The molecule has 1 aliphatic rings. The van der Waals surface area contributed by atoms with E-state index in [0.29, 0.717) is 22.9 Å². The maximum Gasteiger partial charge on any atom is 0.311 e. The van der Waals surface area contributed by atoms with Gasteiger partial charge in [0.1, 0.15) is 23.1 Å². The van der Waals surface area contributed by atoms with Crippen molar-refractivity contribution in [3.8, 4) is 22.1 Å². The van der Waals surface area contributed by atoms with Crippen LogP contribution in [0.15, 0.2) is 47.8 Å². The third-order valence-corrected chi connectivity index (χ3v) is 6.29. The molecular weight excluding hydrogens is 428 g/mol. The predicted octanol–water partition coefficient (Wildman–Crippen LogP) is 4.23. The van der Waals surface area contributed by atoms with Gasteiger partial charge < -0.3 is 19.1 Å². The number of nitrogens with zero attached hydrogens (tertiary/aromatic N) is 2. The molecular formula is C24H24N2O5S. The first kappa shape index (κ1) is 21.8. The number of benzene rings is 2. The van der Waals surface area contributed by atoms with Crippen molar-refractivity contribution in [1.82, 2.24) is 4.98 Å². The first-order chi connectivity index (χ1) is 15.5. The molecule has 0 aliphatic carbocycles. The Labute approximate surface area is 190 Å². The summed E-state index contributed by atoms with van der Waals surface area (Å²) in [5.74, 6) is 0.0489. The molecule has 1 aromatic heterocycles. The molecule has 1 amide bonds. The number of carbonyl (C=O) groups excluding carboxylic acids is 2. The Morgan fingerprint density at radius 3 is 2.66 bits per heavy atom. The predicted molar refractivity (Wildman–Crippen MR) is 122 cm³/mol. The third-order valence-electron chi connectivity index (χ3n) is 5.35. The summed E-state index contributed by atoms with van der Waals surface area (Å²) in [5, 5.41) is 2.77. The van der Waals surface area contributed by atoms with Gasteiger partial charge in [0, 0.05) is 30.0 Å². The summed E-state index contributed by atoms with van der Waals surface area (Å²) in [6.45, 7) is 2.36. The fraction of sp³-hybridized carbons (Fsp3) is 0.292. The summed E-state index contributed by atoms with van der Waals surface area (Å²) in [4.78, 5) is 31.3. The Bertz CT molecular complexity index is 1130. The van der Waals surface area contributed by atoms with Crippen LogP contribution in [-0.4, -0.2) is 37.6 Å². The van der Waals surface area contributed by atoms with Crippen molar-refractivity contribution in [3.63, 3.8) is 0 Å². The van der Waals surface area contributed by atoms with E-state index in [4.69, 9.17) is 14.2 Å². The Morgan fingerprint density at radius 2 is 1.94 bits per heavy atom. The van der Waals surface area contributed by atoms with Gasteiger partial charge in [0.05, 0.1) is 31.5 Å². The molecule has 7 nitrogen and oxygen atoms in total. The highest BCUT2D eigenvalue weighted by Gasteiger charge is 2.37. The Morgan fingerprint density at radius 1 is 1.16 bits per heavy atom. The van der Waals surface area contributed by atoms with Gasteiger partial charge in [-0.1, -0.05) is 29.8 Å². The summed E-state index contributed by atoms with van der Waals surface area (Å²) in [6, 6.07) is 13.3. The molecule has 1 atom stereocenters. The Balaban J connectivity index is 1.38. The summed E-state index contributed by atoms with van der Waals surface area (Å²) < 4.78 is 16.1. The maximum atomic E-state index is 12.6. The molecule has 0 bridgehead atoms. The number of aromatic nitrogens is 1. The van der Waals surface area contributed by atoms with E-state index in [1.807, 2.05) is 36.6 Å². The van der Waals surface area contributed by atoms with Crippen LogP contribution < -0.4 is 14.4 Å². The fourth-order valence-corrected chi connectivity index (χ4v) is 4.38. The highest BCUT2D eigenvalue weighted by Crippen LogP contribution is 2.36. The van der Waals surface area contributed by atoms with Gasteiger partial charge in [-0.2, -0.15) is 0 Å². The van der Waals surface area contributed by atoms with Crippen LogP contribution in [0.3, 0.4) is 0 Å². The average Bonchev–Trinajstić information content (AvgIpc) is 3.44. The molecule has 0 spiro atoms. The molecule has 1 saturated heterocycles. The van der Waals surface area contributed by atoms with Crippen LogP contribution in [0, 0.1) is 12.8 Å². The lowest BCUT2D eigenvalue weighted by Gasteiger charge is -2.20. The van der Waals surface area contributed by atoms with E-state index in [1.54, 1.807) is 30.2 Å². The van der Waals surface area contributed by atoms with Gasteiger partial charge >= 0.3 is 5.97 Å². The molecule has 4 rings (SSSR count). The summed E-state index contributed by atoms with van der Waals surface area (Å²) >= 11 is 1.51. The number of hydrogen-bond acceptors (Lipinski definition) is 7. The van der Waals surface area contributed by atoms with Crippen LogP contribution in [0.1, 0.15) is 17.7 Å². The number of aryl methyl sites for hydroxylation is 1. The van der Waals surface area contributed by atoms with Crippen molar-refractivity contribution in [3.05, 3.63) is 59.1 Å². The van der Waals surface area contributed by atoms with Crippen molar-refractivity contribution in [2.45, 2.75) is 20.0 Å². The topological polar surface area (TPSA) is 78.0 Å². The minimum atomic E-state index is -0.537. The van der Waals surface area contributed by atoms with Crippen molar-refractivity contribution >= 4 is 28.9 Å². The van der Waals surface area contributed by atoms with Crippen LogP contribution in [-0.2, 0) is 20.9 Å². The second kappa shape index (κ2) is 9.40. The normalized spacial score (nSPS) is 15.7. The largest absolute Gasteiger partial charge is 0.497 e. The zero-order valence-electron chi connectivity index (χ0n) is 18.2. The summed E-state index contributed by atoms with van der Waals surface area (Å²) in [6.07, 6.45) is 0.0969. The van der Waals surface area contributed by atoms with E-state index in [-0.39, 0.29) is 25.5 Å². The number of rotatable bonds is 7. The number of hydrogen-bond donors (Lipinski definition) is 0. The number of esters is 1. The SMILES string of the molecule is COc1ccc(N2CC(C(=O)OCc3csc(-c4ccc(C)cc4)n3)CC2=O)c(OC)c1. The quantitative estimate of drug-likeness (QED) is 0.499. The number of ether oxygens (including phenoxy) is 3. The minimum absolute atomic E-state index is 0.0811. The van der Waals surface area contributed by atoms with Crippen molar-refractivity contribution in [1.29, 1.82) is 0 Å². The smallest absolute Gasteiger partial charge is 0.311 e. The maximum absolute atomic E-state index is 12.6. The van der Waals surface area contributed by atoms with Crippen molar-refractivity contribution in [2.75, 3.05) is 25.7 Å². The summed E-state index contributed by atoms with van der Waals surface area (Å²) in [7, 11) is 3.09. The number of amides is 1. The minimum Gasteiger partial charge on any atom is -0.497 e. The average molecular weight is 453 g/mol. The lowest BCUT2D eigenvalue weighted by molar-refractivity contribution is -0.149. The number of anilines is 1. The zero-order chi connectivity index (χ0) is 22.7. The molecule has 0 N–H and O–H groups in total. The first-order valence-electron chi connectivity index (χ1n) is 10.2. The van der Waals surface area contributed by atoms with E-state index < -0.39 is 11.9 Å². The number of carbonyl (C=O) groups is 2. The van der Waals surface area contributed by atoms with E-state index in [9.17, 15) is 9.59 Å². The van der Waals surface area contributed by atoms with Gasteiger partial charge in [-0.15, -0.1) is 11.3 Å². The lowest BCUT2D eigenvalue weighted by atomic mass is 10.1. The van der Waals surface area contributed by atoms with E-state index >= 15 is 0 Å². The molecule has 0 saturated carbocycles. The van der Waals surface area contributed by atoms with Crippen LogP contribution in [0.5, 0.6) is 11.5 Å². The highest BCUT2D eigenvalue weighted by atomic mass is 32.1. The molecule has 1 aliphatic heterocycles. The Hall–Kier alpha value is -3.39. The van der Waals surface area contributed by atoms with Crippen molar-refractivity contribution in [2.24, 2.45) is 5.92 Å². The molecule has 2 heterocycles. The van der Waals surface area contributed by atoms with E-state index in [1.165, 1.54) is 24.0 Å². The van der Waals surface area contributed by atoms with Crippen LogP contribution in [0.2, 0.25) is 0 Å². The van der Waals surface area contributed by atoms with Crippen LogP contribution in [0.4, 0.5) is 5.69 Å². The molecule has 0 radical (unpaired) electrons. The molecule has 32 heavy (non-hydrogen) atoms. The zero-order valence-corrected chi connectivity index (χ0v) is 19.0. The molecule has 1 unspecified atom stereocenters. The highest BCUT2D eigenvalue weighted by molar-refractivity contribution is 7.13. The third kappa shape index (κ3) is 4.60. The van der Waals surface area contributed by atoms with Gasteiger partial charge in [-0.25, -0.2) is 4.98 Å². The van der Waals surface area contributed by atoms with Crippen LogP contribution in [0.25, 0.3) is 10.6 Å². The van der Waals surface area contributed by atoms with Crippen LogP contribution >= 0.6 is 11.3 Å². The number of methoxy groups -OCH3 is 2. The standard InChI is InChI=1S/C24H24N2O5S/c1-15-4-6-16(7-5-15)23-25-18(14-32-23)13-31-24(28)17-10-22(27)26(12-17)20-9-8-19(29-2)11-21(20)30-3/h4-9,11,14,17H,10,12-13H2,1-3H3. The monoisotopic (exact) mass is 452 g/mol. The van der Waals surface area contributed by atoms with Gasteiger partial charge in [0.2, 0.25) is 5.91 Å². The molecule has 166 valence electrons. The van der Waals surface area contributed by atoms with Crippen molar-refractivity contribution < 1.29 is 23.8 Å². The van der Waals surface area contributed by atoms with Gasteiger partial charge in [-0.3, -0.25) is 9.59 Å². The first-order valence-corrected chi connectivity index (χ1v) is 11.1. The molecule has 8 heteroatoms. The second-order valence-corrected chi connectivity index (χ2v) is 8.42. The number of thiazole rings is 1. The molecule has 3 aromatic rings. The lowest BCUT2D eigenvalue weighted by Crippen LogP contribution is -2.26.